The molecule has 1 saturated heterocycles. The maximum atomic E-state index is 14.3. The van der Waals surface area contributed by atoms with E-state index in [1.165, 1.54) is 0 Å². The number of alkyl halides is 2. The molecule has 0 atom stereocenters. The van der Waals surface area contributed by atoms with Crippen molar-refractivity contribution in [1.82, 2.24) is 14.6 Å². The van der Waals surface area contributed by atoms with Crippen LogP contribution in [-0.2, 0) is 0 Å². The number of rotatable bonds is 1. The second-order valence-electron chi connectivity index (χ2n) is 5.74. The SMILES string of the molecule is FC1(F)CN(c2nccn3nc(Br)cc23)CC12CCC2. The van der Waals surface area contributed by atoms with E-state index in [2.05, 4.69) is 26.0 Å². The average Bonchev–Trinajstić information content (AvgIpc) is 2.83. The van der Waals surface area contributed by atoms with Gasteiger partial charge in [-0.05, 0) is 28.8 Å². The van der Waals surface area contributed by atoms with Crippen LogP contribution < -0.4 is 4.90 Å². The van der Waals surface area contributed by atoms with Crippen LogP contribution in [0, 0.1) is 5.41 Å². The predicted molar refractivity (Wildman–Crippen MR) is 74.1 cm³/mol. The zero-order valence-corrected chi connectivity index (χ0v) is 12.3. The van der Waals surface area contributed by atoms with E-state index in [9.17, 15) is 8.78 Å². The number of nitrogens with zero attached hydrogens (tertiary/aromatic N) is 4. The van der Waals surface area contributed by atoms with Crippen LogP contribution in [0.15, 0.2) is 23.1 Å². The second kappa shape index (κ2) is 3.90. The van der Waals surface area contributed by atoms with E-state index in [0.29, 0.717) is 29.8 Å². The molecule has 3 heterocycles. The van der Waals surface area contributed by atoms with Gasteiger partial charge in [0.2, 0.25) is 0 Å². The lowest BCUT2D eigenvalue weighted by molar-refractivity contribution is -0.122. The first kappa shape index (κ1) is 12.5. The Morgan fingerprint density at radius 1 is 1.25 bits per heavy atom. The third kappa shape index (κ3) is 1.55. The summed E-state index contributed by atoms with van der Waals surface area (Å²) in [6, 6.07) is 1.81. The van der Waals surface area contributed by atoms with Crippen molar-refractivity contribution in [1.29, 1.82) is 0 Å². The van der Waals surface area contributed by atoms with Crippen molar-refractivity contribution < 1.29 is 8.78 Å². The maximum Gasteiger partial charge on any atom is 0.272 e. The van der Waals surface area contributed by atoms with Crippen molar-refractivity contribution in [2.24, 2.45) is 5.41 Å². The molecule has 0 N–H and O–H groups in total. The Morgan fingerprint density at radius 3 is 2.70 bits per heavy atom. The summed E-state index contributed by atoms with van der Waals surface area (Å²) in [5.74, 6) is -2.04. The smallest absolute Gasteiger partial charge is 0.272 e. The molecule has 0 bridgehead atoms. The Morgan fingerprint density at radius 2 is 2.05 bits per heavy atom. The van der Waals surface area contributed by atoms with Crippen LogP contribution in [0.5, 0.6) is 0 Å². The molecule has 20 heavy (non-hydrogen) atoms. The molecule has 1 spiro atoms. The summed E-state index contributed by atoms with van der Waals surface area (Å²) in [6.07, 6.45) is 5.45. The number of anilines is 1. The summed E-state index contributed by atoms with van der Waals surface area (Å²) in [7, 11) is 0. The third-order valence-corrected chi connectivity index (χ3v) is 5.00. The van der Waals surface area contributed by atoms with Gasteiger partial charge in [0.05, 0.1) is 12.0 Å². The number of hydrogen-bond acceptors (Lipinski definition) is 3. The van der Waals surface area contributed by atoms with Crippen molar-refractivity contribution in [3.8, 4) is 0 Å². The van der Waals surface area contributed by atoms with Crippen molar-refractivity contribution in [3.63, 3.8) is 0 Å². The molecule has 2 aromatic heterocycles. The minimum Gasteiger partial charge on any atom is -0.348 e. The molecular formula is C13H13BrF2N4. The summed E-state index contributed by atoms with van der Waals surface area (Å²) >= 11 is 3.31. The second-order valence-corrected chi connectivity index (χ2v) is 6.55. The first-order valence-corrected chi connectivity index (χ1v) is 7.43. The van der Waals surface area contributed by atoms with Gasteiger partial charge in [0.1, 0.15) is 10.1 Å². The lowest BCUT2D eigenvalue weighted by atomic mass is 9.66. The average molecular weight is 343 g/mol. The first-order chi connectivity index (χ1) is 9.51. The minimum absolute atomic E-state index is 0.248. The van der Waals surface area contributed by atoms with Gasteiger partial charge in [-0.25, -0.2) is 18.3 Å². The Labute approximate surface area is 122 Å². The summed E-state index contributed by atoms with van der Waals surface area (Å²) < 4.78 is 30.9. The van der Waals surface area contributed by atoms with Crippen molar-refractivity contribution >= 4 is 27.3 Å². The fourth-order valence-electron chi connectivity index (χ4n) is 3.34. The van der Waals surface area contributed by atoms with Gasteiger partial charge in [0, 0.05) is 25.0 Å². The van der Waals surface area contributed by atoms with Crippen LogP contribution in [-0.4, -0.2) is 33.6 Å². The molecule has 4 nitrogen and oxygen atoms in total. The van der Waals surface area contributed by atoms with Gasteiger partial charge >= 0.3 is 0 Å². The van der Waals surface area contributed by atoms with Gasteiger partial charge in [0.15, 0.2) is 5.82 Å². The van der Waals surface area contributed by atoms with Gasteiger partial charge in [0.25, 0.3) is 5.92 Å². The van der Waals surface area contributed by atoms with E-state index in [-0.39, 0.29) is 6.54 Å². The van der Waals surface area contributed by atoms with Crippen LogP contribution in [0.1, 0.15) is 19.3 Å². The van der Waals surface area contributed by atoms with E-state index in [1.807, 2.05) is 6.07 Å². The Hall–Kier alpha value is -1.24. The summed E-state index contributed by atoms with van der Waals surface area (Å²) in [5.41, 5.74) is -0.0785. The van der Waals surface area contributed by atoms with Crippen molar-refractivity contribution in [2.75, 3.05) is 18.0 Å². The molecule has 2 fully saturated rings. The zero-order valence-electron chi connectivity index (χ0n) is 10.7. The molecule has 2 aromatic rings. The highest BCUT2D eigenvalue weighted by Crippen LogP contribution is 2.57. The van der Waals surface area contributed by atoms with Crippen LogP contribution in [0.4, 0.5) is 14.6 Å². The van der Waals surface area contributed by atoms with E-state index in [1.54, 1.807) is 21.8 Å². The van der Waals surface area contributed by atoms with Gasteiger partial charge in [-0.15, -0.1) is 0 Å². The first-order valence-electron chi connectivity index (χ1n) is 6.64. The molecule has 0 radical (unpaired) electrons. The monoisotopic (exact) mass is 342 g/mol. The standard InChI is InChI=1S/C13H13BrF2N4/c14-10-6-9-11(17-4-5-20(9)18-10)19-7-12(2-1-3-12)13(15,16)8-19/h4-6H,1-3,7-8H2. The number of fused-ring (bicyclic) bond motifs is 1. The molecule has 106 valence electrons. The fraction of sp³-hybridized carbons (Fsp3) is 0.538. The quantitative estimate of drug-likeness (QED) is 0.798. The molecule has 1 saturated carbocycles. The summed E-state index contributed by atoms with van der Waals surface area (Å²) in [4.78, 5) is 6.01. The number of halogens is 3. The molecule has 1 aliphatic carbocycles. The van der Waals surface area contributed by atoms with Crippen molar-refractivity contribution in [3.05, 3.63) is 23.1 Å². The van der Waals surface area contributed by atoms with Crippen LogP contribution in [0.25, 0.3) is 5.52 Å². The van der Waals surface area contributed by atoms with E-state index in [0.717, 1.165) is 11.9 Å². The lowest BCUT2D eigenvalue weighted by Gasteiger charge is -2.41. The summed E-state index contributed by atoms with van der Waals surface area (Å²) in [6.45, 7) is 0.137. The molecule has 2 aliphatic rings. The fourth-order valence-corrected chi connectivity index (χ4v) is 3.73. The van der Waals surface area contributed by atoms with Gasteiger partial charge in [-0.1, -0.05) is 6.42 Å². The van der Waals surface area contributed by atoms with Gasteiger partial charge in [-0.2, -0.15) is 5.10 Å². The molecule has 4 rings (SSSR count). The molecule has 0 unspecified atom stereocenters. The Bertz CT molecular complexity index is 680. The minimum atomic E-state index is -2.63. The van der Waals surface area contributed by atoms with Crippen LogP contribution in [0.3, 0.4) is 0 Å². The molecule has 0 amide bonds. The number of hydrogen-bond donors (Lipinski definition) is 0. The van der Waals surface area contributed by atoms with Crippen LogP contribution >= 0.6 is 15.9 Å². The van der Waals surface area contributed by atoms with E-state index >= 15 is 0 Å². The normalized spacial score (nSPS) is 23.4. The molecule has 7 heteroatoms. The largest absolute Gasteiger partial charge is 0.348 e. The van der Waals surface area contributed by atoms with Crippen molar-refractivity contribution in [2.45, 2.75) is 25.2 Å². The van der Waals surface area contributed by atoms with Gasteiger partial charge < -0.3 is 4.90 Å². The third-order valence-electron chi connectivity index (χ3n) is 4.61. The lowest BCUT2D eigenvalue weighted by Crippen LogP contribution is -2.45. The highest BCUT2D eigenvalue weighted by molar-refractivity contribution is 9.10. The summed E-state index contributed by atoms with van der Waals surface area (Å²) in [5, 5.41) is 4.23. The molecule has 0 aromatic carbocycles. The zero-order chi connectivity index (χ0) is 14.0. The molecule has 1 aliphatic heterocycles. The van der Waals surface area contributed by atoms with E-state index < -0.39 is 11.3 Å². The highest BCUT2D eigenvalue weighted by atomic mass is 79.9. The maximum absolute atomic E-state index is 14.3. The Kier molecular flexibility index (Phi) is 2.44. The number of aromatic nitrogens is 3. The predicted octanol–water partition coefficient (Wildman–Crippen LogP) is 3.12. The Balaban J connectivity index is 1.77. The van der Waals surface area contributed by atoms with Crippen LogP contribution in [0.2, 0.25) is 0 Å². The highest BCUT2D eigenvalue weighted by Gasteiger charge is 2.63. The molecular weight excluding hydrogens is 330 g/mol. The van der Waals surface area contributed by atoms with E-state index in [4.69, 9.17) is 0 Å². The van der Waals surface area contributed by atoms with Gasteiger partial charge in [-0.3, -0.25) is 0 Å². The topological polar surface area (TPSA) is 33.4 Å².